The molecule has 0 aliphatic heterocycles. The molecule has 4 heteroatoms. The second-order valence-corrected chi connectivity index (χ2v) is 2.56. The van der Waals surface area contributed by atoms with Crippen molar-refractivity contribution in [3.63, 3.8) is 0 Å². The van der Waals surface area contributed by atoms with E-state index in [2.05, 4.69) is 11.3 Å². The normalized spacial score (nSPS) is 8.40. The van der Waals surface area contributed by atoms with Crippen molar-refractivity contribution in [3.05, 3.63) is 42.5 Å². The number of rotatable bonds is 2. The highest BCUT2D eigenvalue weighted by Crippen LogP contribution is 2.09. The number of hydrogen-bond acceptors (Lipinski definition) is 4. The molecule has 0 radical (unpaired) electrons. The molecule has 0 aliphatic carbocycles. The fourth-order valence-electron chi connectivity index (χ4n) is 0.715. The second-order valence-electron chi connectivity index (χ2n) is 2.56. The molecule has 0 saturated carbocycles. The number of methoxy groups -OCH3 is 1. The number of hydrogen-bond donors (Lipinski definition) is 2. The average Bonchev–Trinajstić information content (AvgIpc) is 2.29. The number of esters is 1. The Bertz CT molecular complexity index is 306. The standard InChI is InChI=1S/C8H8O3.C3H7N/c1-11-8(10)6-2-4-7(9)5-3-6;1-2-3-4/h2-5,9H,1H3;2H,1,3-4H2. The van der Waals surface area contributed by atoms with E-state index in [4.69, 9.17) is 10.8 Å². The van der Waals surface area contributed by atoms with E-state index in [-0.39, 0.29) is 5.75 Å². The zero-order chi connectivity index (χ0) is 11.7. The Hall–Kier alpha value is -1.81. The van der Waals surface area contributed by atoms with E-state index in [0.717, 1.165) is 0 Å². The lowest BCUT2D eigenvalue weighted by Crippen LogP contribution is -1.99. The first-order valence-electron chi connectivity index (χ1n) is 4.34. The number of ether oxygens (including phenoxy) is 1. The van der Waals surface area contributed by atoms with Gasteiger partial charge in [0.25, 0.3) is 0 Å². The Morgan fingerprint density at radius 3 is 2.33 bits per heavy atom. The Morgan fingerprint density at radius 1 is 1.53 bits per heavy atom. The molecule has 1 aromatic carbocycles. The molecule has 0 bridgehead atoms. The monoisotopic (exact) mass is 209 g/mol. The molecule has 0 atom stereocenters. The van der Waals surface area contributed by atoms with E-state index < -0.39 is 5.97 Å². The van der Waals surface area contributed by atoms with Crippen LogP contribution in [0.5, 0.6) is 5.75 Å². The van der Waals surface area contributed by atoms with Gasteiger partial charge in [0.05, 0.1) is 12.7 Å². The third-order valence-corrected chi connectivity index (χ3v) is 1.46. The molecule has 0 aliphatic rings. The van der Waals surface area contributed by atoms with E-state index in [1.165, 1.54) is 31.4 Å². The second kappa shape index (κ2) is 7.58. The minimum absolute atomic E-state index is 0.137. The first-order valence-corrected chi connectivity index (χ1v) is 4.34. The van der Waals surface area contributed by atoms with E-state index in [0.29, 0.717) is 12.1 Å². The molecule has 0 amide bonds. The summed E-state index contributed by atoms with van der Waals surface area (Å²) in [4.78, 5) is 10.8. The maximum atomic E-state index is 10.8. The highest BCUT2D eigenvalue weighted by Gasteiger charge is 2.02. The first-order chi connectivity index (χ1) is 7.15. The highest BCUT2D eigenvalue weighted by atomic mass is 16.5. The number of benzene rings is 1. The van der Waals surface area contributed by atoms with Gasteiger partial charge in [-0.15, -0.1) is 6.58 Å². The van der Waals surface area contributed by atoms with Gasteiger partial charge < -0.3 is 15.6 Å². The summed E-state index contributed by atoms with van der Waals surface area (Å²) in [5, 5.41) is 8.86. The van der Waals surface area contributed by atoms with Crippen LogP contribution in [0.1, 0.15) is 10.4 Å². The smallest absolute Gasteiger partial charge is 0.337 e. The van der Waals surface area contributed by atoms with Crippen molar-refractivity contribution < 1.29 is 14.6 Å². The van der Waals surface area contributed by atoms with E-state index in [1.54, 1.807) is 6.08 Å². The Morgan fingerprint density at radius 2 is 2.00 bits per heavy atom. The van der Waals surface area contributed by atoms with Gasteiger partial charge in [-0.1, -0.05) is 6.08 Å². The van der Waals surface area contributed by atoms with Crippen molar-refractivity contribution >= 4 is 5.97 Å². The molecule has 0 heterocycles. The molecule has 15 heavy (non-hydrogen) atoms. The summed E-state index contributed by atoms with van der Waals surface area (Å²) in [6.45, 7) is 3.94. The van der Waals surface area contributed by atoms with Gasteiger partial charge in [0.2, 0.25) is 0 Å². The van der Waals surface area contributed by atoms with Crippen LogP contribution in [0.2, 0.25) is 0 Å². The molecule has 0 saturated heterocycles. The fourth-order valence-corrected chi connectivity index (χ4v) is 0.715. The first kappa shape index (κ1) is 13.2. The molecule has 3 N–H and O–H groups in total. The molecule has 0 unspecified atom stereocenters. The number of phenols is 1. The largest absolute Gasteiger partial charge is 0.508 e. The molecule has 0 fully saturated rings. The molecule has 0 aromatic heterocycles. The quantitative estimate of drug-likeness (QED) is 0.569. The van der Waals surface area contributed by atoms with Crippen LogP contribution in [-0.2, 0) is 4.74 Å². The zero-order valence-electron chi connectivity index (χ0n) is 8.64. The summed E-state index contributed by atoms with van der Waals surface area (Å²) in [6, 6.07) is 5.88. The number of carbonyl (C=O) groups excluding carboxylic acids is 1. The van der Waals surface area contributed by atoms with E-state index in [1.807, 2.05) is 0 Å². The molecule has 1 rings (SSSR count). The summed E-state index contributed by atoms with van der Waals surface area (Å²) in [7, 11) is 1.31. The van der Waals surface area contributed by atoms with Crippen LogP contribution in [0.3, 0.4) is 0 Å². The predicted octanol–water partition coefficient (Wildman–Crippen LogP) is 1.31. The van der Waals surface area contributed by atoms with Gasteiger partial charge in [-0.3, -0.25) is 0 Å². The summed E-state index contributed by atoms with van der Waals surface area (Å²) < 4.78 is 4.46. The lowest BCUT2D eigenvalue weighted by molar-refractivity contribution is 0.0600. The molecule has 0 spiro atoms. The number of aromatic hydroxyl groups is 1. The molecule has 4 nitrogen and oxygen atoms in total. The van der Waals surface area contributed by atoms with Gasteiger partial charge in [-0.25, -0.2) is 4.79 Å². The van der Waals surface area contributed by atoms with Crippen molar-refractivity contribution in [2.45, 2.75) is 0 Å². The van der Waals surface area contributed by atoms with Crippen molar-refractivity contribution in [1.29, 1.82) is 0 Å². The van der Waals surface area contributed by atoms with Gasteiger partial charge in [-0.2, -0.15) is 0 Å². The van der Waals surface area contributed by atoms with Crippen LogP contribution in [0, 0.1) is 0 Å². The number of phenolic OH excluding ortho intramolecular Hbond substituents is 1. The number of nitrogens with two attached hydrogens (primary N) is 1. The van der Waals surface area contributed by atoms with Crippen LogP contribution in [0.25, 0.3) is 0 Å². The third kappa shape index (κ3) is 5.49. The lowest BCUT2D eigenvalue weighted by Gasteiger charge is -1.97. The zero-order valence-corrected chi connectivity index (χ0v) is 8.64. The summed E-state index contributed by atoms with van der Waals surface area (Å²) in [5.41, 5.74) is 5.35. The molecular formula is C11H15NO3. The van der Waals surface area contributed by atoms with Gasteiger partial charge >= 0.3 is 5.97 Å². The van der Waals surface area contributed by atoms with Crippen LogP contribution < -0.4 is 5.73 Å². The minimum atomic E-state index is -0.398. The SMILES string of the molecule is C=CCN.COC(=O)c1ccc(O)cc1. The van der Waals surface area contributed by atoms with Crippen molar-refractivity contribution in [2.24, 2.45) is 5.73 Å². The van der Waals surface area contributed by atoms with Gasteiger partial charge in [-0.05, 0) is 24.3 Å². The molecule has 82 valence electrons. The van der Waals surface area contributed by atoms with Gasteiger partial charge in [0.1, 0.15) is 5.75 Å². The maximum absolute atomic E-state index is 10.8. The van der Waals surface area contributed by atoms with Crippen molar-refractivity contribution in [3.8, 4) is 5.75 Å². The Balaban J connectivity index is 0.000000423. The van der Waals surface area contributed by atoms with Crippen molar-refractivity contribution in [1.82, 2.24) is 0 Å². The topological polar surface area (TPSA) is 72.5 Å². The van der Waals surface area contributed by atoms with Crippen LogP contribution >= 0.6 is 0 Å². The van der Waals surface area contributed by atoms with Crippen LogP contribution in [0.15, 0.2) is 36.9 Å². The van der Waals surface area contributed by atoms with Crippen LogP contribution in [-0.4, -0.2) is 24.7 Å². The fraction of sp³-hybridized carbons (Fsp3) is 0.182. The number of carbonyl (C=O) groups is 1. The Kier molecular flexibility index (Phi) is 6.67. The summed E-state index contributed by atoms with van der Waals surface area (Å²) >= 11 is 0. The Labute approximate surface area is 89.0 Å². The highest BCUT2D eigenvalue weighted by molar-refractivity contribution is 5.89. The minimum Gasteiger partial charge on any atom is -0.508 e. The van der Waals surface area contributed by atoms with Gasteiger partial charge in [0.15, 0.2) is 0 Å². The van der Waals surface area contributed by atoms with E-state index >= 15 is 0 Å². The summed E-state index contributed by atoms with van der Waals surface area (Å²) in [5.74, 6) is -0.261. The van der Waals surface area contributed by atoms with E-state index in [9.17, 15) is 4.79 Å². The predicted molar refractivity (Wildman–Crippen MR) is 58.7 cm³/mol. The maximum Gasteiger partial charge on any atom is 0.337 e. The third-order valence-electron chi connectivity index (χ3n) is 1.46. The average molecular weight is 209 g/mol. The molecule has 1 aromatic rings. The van der Waals surface area contributed by atoms with Crippen molar-refractivity contribution in [2.75, 3.05) is 13.7 Å². The summed E-state index contributed by atoms with van der Waals surface area (Å²) in [6.07, 6.45) is 1.65. The lowest BCUT2D eigenvalue weighted by atomic mass is 10.2. The molecular weight excluding hydrogens is 194 g/mol. The van der Waals surface area contributed by atoms with Gasteiger partial charge in [0, 0.05) is 6.54 Å². The van der Waals surface area contributed by atoms with Crippen LogP contribution in [0.4, 0.5) is 0 Å².